The predicted octanol–water partition coefficient (Wildman–Crippen LogP) is 1.67. The number of carbonyl (C=O) groups excluding carboxylic acids is 3. The molecule has 0 bridgehead atoms. The number of amides is 3. The van der Waals surface area contributed by atoms with E-state index in [1.54, 1.807) is 23.1 Å². The molecule has 0 aromatic heterocycles. The van der Waals surface area contributed by atoms with E-state index in [-0.39, 0.29) is 24.3 Å². The van der Waals surface area contributed by atoms with E-state index in [2.05, 4.69) is 15.9 Å². The van der Waals surface area contributed by atoms with E-state index in [9.17, 15) is 14.4 Å². The molecule has 0 spiro atoms. The highest BCUT2D eigenvalue weighted by Crippen LogP contribution is 2.26. The number of likely N-dealkylation sites (tertiary alicyclic amines) is 1. The predicted molar refractivity (Wildman–Crippen MR) is 75.3 cm³/mol. The smallest absolute Gasteiger partial charge is 0.262 e. The van der Waals surface area contributed by atoms with Gasteiger partial charge in [-0.15, -0.1) is 0 Å². The van der Waals surface area contributed by atoms with Crippen LogP contribution in [0, 0.1) is 0 Å². The number of nitrogens with zero attached hydrogens (tertiary/aromatic N) is 2. The van der Waals surface area contributed by atoms with E-state index in [0.29, 0.717) is 24.2 Å². The maximum absolute atomic E-state index is 12.2. The third-order valence-electron chi connectivity index (χ3n) is 3.68. The lowest BCUT2D eigenvalue weighted by molar-refractivity contribution is -0.130. The Hall–Kier alpha value is -1.69. The maximum atomic E-state index is 12.2. The van der Waals surface area contributed by atoms with Crippen LogP contribution in [-0.4, -0.2) is 47.2 Å². The Labute approximate surface area is 124 Å². The standard InChI is InChI=1S/C14H13BrN2O3/c15-9-3-4-10-11(7-9)14(20)17(13(10)19)8-12(18)16-5-1-2-6-16/h3-4,7H,1-2,5-6,8H2. The van der Waals surface area contributed by atoms with Crippen molar-refractivity contribution in [1.82, 2.24) is 9.80 Å². The zero-order valence-electron chi connectivity index (χ0n) is 10.8. The van der Waals surface area contributed by atoms with Crippen molar-refractivity contribution in [3.63, 3.8) is 0 Å². The van der Waals surface area contributed by atoms with E-state index < -0.39 is 0 Å². The highest BCUT2D eigenvalue weighted by atomic mass is 79.9. The van der Waals surface area contributed by atoms with Gasteiger partial charge in [0.25, 0.3) is 11.8 Å². The quantitative estimate of drug-likeness (QED) is 0.772. The van der Waals surface area contributed by atoms with Gasteiger partial charge in [0, 0.05) is 17.6 Å². The summed E-state index contributed by atoms with van der Waals surface area (Å²) < 4.78 is 0.741. The zero-order chi connectivity index (χ0) is 14.3. The first-order chi connectivity index (χ1) is 9.58. The van der Waals surface area contributed by atoms with Crippen LogP contribution in [0.2, 0.25) is 0 Å². The first-order valence-electron chi connectivity index (χ1n) is 6.51. The summed E-state index contributed by atoms with van der Waals surface area (Å²) in [5.74, 6) is -0.931. The van der Waals surface area contributed by atoms with Gasteiger partial charge >= 0.3 is 0 Å². The summed E-state index contributed by atoms with van der Waals surface area (Å²) in [5.41, 5.74) is 0.728. The van der Waals surface area contributed by atoms with Crippen LogP contribution in [0.25, 0.3) is 0 Å². The molecule has 2 aliphatic rings. The van der Waals surface area contributed by atoms with Crippen molar-refractivity contribution in [1.29, 1.82) is 0 Å². The lowest BCUT2D eigenvalue weighted by Crippen LogP contribution is -2.41. The average molecular weight is 337 g/mol. The van der Waals surface area contributed by atoms with E-state index in [4.69, 9.17) is 0 Å². The number of benzene rings is 1. The maximum Gasteiger partial charge on any atom is 0.262 e. The largest absolute Gasteiger partial charge is 0.341 e. The molecule has 1 fully saturated rings. The minimum Gasteiger partial charge on any atom is -0.341 e. The summed E-state index contributed by atoms with van der Waals surface area (Å²) in [6, 6.07) is 4.95. The van der Waals surface area contributed by atoms with E-state index >= 15 is 0 Å². The monoisotopic (exact) mass is 336 g/mol. The lowest BCUT2D eigenvalue weighted by Gasteiger charge is -2.19. The second-order valence-corrected chi connectivity index (χ2v) is 5.89. The van der Waals surface area contributed by atoms with Gasteiger partial charge in [0.15, 0.2) is 0 Å². The first kappa shape index (κ1) is 13.3. The van der Waals surface area contributed by atoms with Gasteiger partial charge in [-0.05, 0) is 31.0 Å². The number of halogens is 1. The molecule has 1 saturated heterocycles. The molecule has 0 radical (unpaired) electrons. The fraction of sp³-hybridized carbons (Fsp3) is 0.357. The summed E-state index contributed by atoms with van der Waals surface area (Å²) in [6.07, 6.45) is 1.97. The third-order valence-corrected chi connectivity index (χ3v) is 4.18. The van der Waals surface area contributed by atoms with Gasteiger partial charge in [-0.25, -0.2) is 0 Å². The molecule has 3 rings (SSSR count). The van der Waals surface area contributed by atoms with Crippen LogP contribution in [0.1, 0.15) is 33.6 Å². The summed E-state index contributed by atoms with van der Waals surface area (Å²) in [5, 5.41) is 0. The molecule has 2 heterocycles. The van der Waals surface area contributed by atoms with Gasteiger partial charge in [-0.1, -0.05) is 15.9 Å². The van der Waals surface area contributed by atoms with Crippen molar-refractivity contribution in [3.8, 4) is 0 Å². The van der Waals surface area contributed by atoms with E-state index in [1.807, 2.05) is 0 Å². The normalized spacial score (nSPS) is 17.9. The molecular formula is C14H13BrN2O3. The number of fused-ring (bicyclic) bond motifs is 1. The highest BCUT2D eigenvalue weighted by Gasteiger charge is 2.37. The number of hydrogen-bond acceptors (Lipinski definition) is 3. The summed E-state index contributed by atoms with van der Waals surface area (Å²) >= 11 is 3.28. The van der Waals surface area contributed by atoms with Crippen LogP contribution in [0.4, 0.5) is 0 Å². The fourth-order valence-electron chi connectivity index (χ4n) is 2.61. The Bertz CT molecular complexity index is 608. The van der Waals surface area contributed by atoms with Gasteiger partial charge in [-0.3, -0.25) is 19.3 Å². The molecule has 1 aromatic carbocycles. The van der Waals surface area contributed by atoms with Gasteiger partial charge in [0.1, 0.15) is 6.54 Å². The molecule has 0 saturated carbocycles. The SMILES string of the molecule is O=C(CN1C(=O)c2ccc(Br)cc2C1=O)N1CCCC1. The van der Waals surface area contributed by atoms with Gasteiger partial charge in [0.05, 0.1) is 11.1 Å². The molecule has 20 heavy (non-hydrogen) atoms. The third kappa shape index (κ3) is 2.14. The Balaban J connectivity index is 1.81. The van der Waals surface area contributed by atoms with E-state index in [0.717, 1.165) is 22.2 Å². The van der Waals surface area contributed by atoms with Gasteiger partial charge < -0.3 is 4.90 Å². The lowest BCUT2D eigenvalue weighted by atomic mass is 10.1. The molecule has 2 aliphatic heterocycles. The van der Waals surface area contributed by atoms with Gasteiger partial charge in [-0.2, -0.15) is 0 Å². The fourth-order valence-corrected chi connectivity index (χ4v) is 2.97. The van der Waals surface area contributed by atoms with Gasteiger partial charge in [0.2, 0.25) is 5.91 Å². The van der Waals surface area contributed by atoms with Crippen molar-refractivity contribution in [2.75, 3.05) is 19.6 Å². The molecule has 5 nitrogen and oxygen atoms in total. The molecule has 6 heteroatoms. The minimum atomic E-state index is -0.390. The van der Waals surface area contributed by atoms with Crippen LogP contribution in [0.3, 0.4) is 0 Å². The van der Waals surface area contributed by atoms with Crippen LogP contribution < -0.4 is 0 Å². The summed E-state index contributed by atoms with van der Waals surface area (Å²) in [7, 11) is 0. The van der Waals surface area contributed by atoms with Crippen LogP contribution in [-0.2, 0) is 4.79 Å². The minimum absolute atomic E-state index is 0.156. The molecule has 0 N–H and O–H groups in total. The number of carbonyl (C=O) groups is 3. The van der Waals surface area contributed by atoms with Crippen LogP contribution in [0.15, 0.2) is 22.7 Å². The Morgan fingerprint density at radius 2 is 1.75 bits per heavy atom. The number of hydrogen-bond donors (Lipinski definition) is 0. The molecule has 104 valence electrons. The number of rotatable bonds is 2. The first-order valence-corrected chi connectivity index (χ1v) is 7.31. The Morgan fingerprint density at radius 1 is 1.10 bits per heavy atom. The molecule has 3 amide bonds. The van der Waals surface area contributed by atoms with E-state index in [1.165, 1.54) is 0 Å². The molecule has 0 atom stereocenters. The second kappa shape index (κ2) is 5.01. The second-order valence-electron chi connectivity index (χ2n) is 4.97. The highest BCUT2D eigenvalue weighted by molar-refractivity contribution is 9.10. The molecule has 0 unspecified atom stereocenters. The zero-order valence-corrected chi connectivity index (χ0v) is 12.4. The Morgan fingerprint density at radius 3 is 2.45 bits per heavy atom. The average Bonchev–Trinajstić information content (AvgIpc) is 3.03. The summed E-state index contributed by atoms with van der Waals surface area (Å²) in [6.45, 7) is 1.27. The van der Waals surface area contributed by atoms with Crippen molar-refractivity contribution >= 4 is 33.7 Å². The van der Waals surface area contributed by atoms with Crippen LogP contribution in [0.5, 0.6) is 0 Å². The van der Waals surface area contributed by atoms with Crippen LogP contribution >= 0.6 is 15.9 Å². The summed E-state index contributed by atoms with van der Waals surface area (Å²) in [4.78, 5) is 39.2. The van der Waals surface area contributed by atoms with Crippen molar-refractivity contribution in [2.24, 2.45) is 0 Å². The van der Waals surface area contributed by atoms with Crippen molar-refractivity contribution in [2.45, 2.75) is 12.8 Å². The topological polar surface area (TPSA) is 57.7 Å². The van der Waals surface area contributed by atoms with Crippen molar-refractivity contribution < 1.29 is 14.4 Å². The molecule has 0 aliphatic carbocycles. The number of imide groups is 1. The van der Waals surface area contributed by atoms with Crippen molar-refractivity contribution in [3.05, 3.63) is 33.8 Å². The molecular weight excluding hydrogens is 324 g/mol. The molecule has 1 aromatic rings. The Kier molecular flexibility index (Phi) is 3.33.